The highest BCUT2D eigenvalue weighted by atomic mass is 35.5. The molecule has 1 N–H and O–H groups in total. The summed E-state index contributed by atoms with van der Waals surface area (Å²) >= 11 is 6.27. The lowest BCUT2D eigenvalue weighted by Gasteiger charge is -2.37. The topological polar surface area (TPSA) is 81.9 Å². The number of benzene rings is 1. The predicted octanol–water partition coefficient (Wildman–Crippen LogP) is 3.25. The maximum atomic E-state index is 14.4. The Morgan fingerprint density at radius 1 is 1.05 bits per heavy atom. The van der Waals surface area contributed by atoms with E-state index in [4.69, 9.17) is 11.6 Å². The summed E-state index contributed by atoms with van der Waals surface area (Å²) in [7, 11) is 0. The number of alkyl halides is 3. The Kier molecular flexibility index (Phi) is 7.58. The standard InChI is InChI=1S/C27H33ClF3N5O3/c1-18-20(28)3-2-4-21(18)33-11-13-34(14-12-33)23(37)16-36-22-5-6-27(30,31)15-19(22)24(32-36)25(38)35-9-7-26(39,17-29)8-10-35/h2-4,39H,5-17H2,1H3. The number of likely N-dealkylation sites (tertiary alicyclic amines) is 1. The van der Waals surface area contributed by atoms with Gasteiger partial charge in [0.1, 0.15) is 13.2 Å². The fourth-order valence-electron chi connectivity index (χ4n) is 5.72. The van der Waals surface area contributed by atoms with Crippen LogP contribution in [0.5, 0.6) is 0 Å². The summed E-state index contributed by atoms with van der Waals surface area (Å²) in [4.78, 5) is 31.9. The molecule has 0 saturated carbocycles. The van der Waals surface area contributed by atoms with Gasteiger partial charge in [0.25, 0.3) is 11.8 Å². The minimum atomic E-state index is -2.97. The number of halogens is 4. The number of hydrogen-bond acceptors (Lipinski definition) is 5. The molecule has 2 amide bonds. The van der Waals surface area contributed by atoms with Crippen molar-refractivity contribution in [3.63, 3.8) is 0 Å². The molecule has 1 aromatic heterocycles. The number of fused-ring (bicyclic) bond motifs is 1. The van der Waals surface area contributed by atoms with Crippen molar-refractivity contribution >= 4 is 29.1 Å². The summed E-state index contributed by atoms with van der Waals surface area (Å²) < 4.78 is 43.3. The Hall–Kier alpha value is -2.79. The molecule has 2 saturated heterocycles. The molecule has 2 aliphatic heterocycles. The number of rotatable bonds is 5. The van der Waals surface area contributed by atoms with Gasteiger partial charge in [-0.3, -0.25) is 14.3 Å². The summed E-state index contributed by atoms with van der Waals surface area (Å²) in [6.45, 7) is 3.36. The molecule has 0 bridgehead atoms. The van der Waals surface area contributed by atoms with Gasteiger partial charge in [0.2, 0.25) is 5.91 Å². The first-order valence-corrected chi connectivity index (χ1v) is 13.7. The van der Waals surface area contributed by atoms with Crippen LogP contribution in [0.4, 0.5) is 18.9 Å². The van der Waals surface area contributed by atoms with Crippen LogP contribution in [0.3, 0.4) is 0 Å². The molecule has 12 heteroatoms. The van der Waals surface area contributed by atoms with Crippen molar-refractivity contribution in [3.8, 4) is 0 Å². The zero-order chi connectivity index (χ0) is 27.9. The van der Waals surface area contributed by atoms with Crippen LogP contribution >= 0.6 is 11.6 Å². The van der Waals surface area contributed by atoms with Gasteiger partial charge in [-0.1, -0.05) is 17.7 Å². The quantitative estimate of drug-likeness (QED) is 0.600. The molecule has 0 spiro atoms. The van der Waals surface area contributed by atoms with Crippen LogP contribution in [0.15, 0.2) is 18.2 Å². The summed E-state index contributed by atoms with van der Waals surface area (Å²) in [6, 6.07) is 5.75. The van der Waals surface area contributed by atoms with E-state index in [1.54, 1.807) is 4.90 Å². The van der Waals surface area contributed by atoms with E-state index < -0.39 is 30.5 Å². The second kappa shape index (κ2) is 10.6. The Balaban J connectivity index is 1.30. The van der Waals surface area contributed by atoms with Crippen molar-refractivity contribution < 1.29 is 27.9 Å². The van der Waals surface area contributed by atoms with Gasteiger partial charge in [0.05, 0.1) is 5.60 Å². The molecule has 212 valence electrons. The third-order valence-electron chi connectivity index (χ3n) is 8.26. The molecule has 2 aromatic rings. The van der Waals surface area contributed by atoms with Gasteiger partial charge in [0, 0.05) is 74.1 Å². The maximum absolute atomic E-state index is 14.4. The van der Waals surface area contributed by atoms with Crippen LogP contribution in [0.1, 0.15) is 46.6 Å². The van der Waals surface area contributed by atoms with Crippen LogP contribution in [0.25, 0.3) is 0 Å². The monoisotopic (exact) mass is 567 g/mol. The molecule has 0 atom stereocenters. The summed E-state index contributed by atoms with van der Waals surface area (Å²) in [5.74, 6) is -3.68. The van der Waals surface area contributed by atoms with Crippen LogP contribution in [-0.2, 0) is 24.2 Å². The van der Waals surface area contributed by atoms with E-state index in [1.165, 1.54) is 9.58 Å². The maximum Gasteiger partial charge on any atom is 0.274 e. The highest BCUT2D eigenvalue weighted by Crippen LogP contribution is 2.36. The molecular weight excluding hydrogens is 535 g/mol. The molecule has 39 heavy (non-hydrogen) atoms. The molecule has 1 aromatic carbocycles. The van der Waals surface area contributed by atoms with Crippen molar-refractivity contribution in [2.24, 2.45) is 0 Å². The van der Waals surface area contributed by atoms with Crippen LogP contribution < -0.4 is 4.90 Å². The number of aliphatic hydroxyl groups is 1. The number of carbonyl (C=O) groups excluding carboxylic acids is 2. The molecule has 1 aliphatic carbocycles. The third-order valence-corrected chi connectivity index (χ3v) is 8.67. The molecule has 3 heterocycles. The smallest absolute Gasteiger partial charge is 0.274 e. The number of anilines is 1. The second-order valence-corrected chi connectivity index (χ2v) is 11.3. The first-order chi connectivity index (χ1) is 18.5. The van der Waals surface area contributed by atoms with Crippen LogP contribution in [0, 0.1) is 6.92 Å². The number of piperidine rings is 1. The fourth-order valence-corrected chi connectivity index (χ4v) is 5.89. The highest BCUT2D eigenvalue weighted by molar-refractivity contribution is 6.31. The lowest BCUT2D eigenvalue weighted by atomic mass is 9.90. The zero-order valence-corrected chi connectivity index (χ0v) is 22.7. The first-order valence-electron chi connectivity index (χ1n) is 13.3. The van der Waals surface area contributed by atoms with Crippen molar-refractivity contribution in [2.75, 3.05) is 50.8 Å². The number of aromatic nitrogens is 2. The van der Waals surface area contributed by atoms with Gasteiger partial charge < -0.3 is 19.8 Å². The molecule has 5 rings (SSSR count). The number of piperazine rings is 1. The lowest BCUT2D eigenvalue weighted by Crippen LogP contribution is -2.50. The van der Waals surface area contributed by atoms with E-state index in [-0.39, 0.29) is 62.5 Å². The molecule has 0 unspecified atom stereocenters. The van der Waals surface area contributed by atoms with Gasteiger partial charge >= 0.3 is 0 Å². The number of hydrogen-bond donors (Lipinski definition) is 1. The number of carbonyl (C=O) groups is 2. The highest BCUT2D eigenvalue weighted by Gasteiger charge is 2.41. The normalized spacial score (nSPS) is 20.6. The SMILES string of the molecule is Cc1c(Cl)cccc1N1CCN(C(=O)Cn2nc(C(=O)N3CCC(O)(CF)CC3)c3c2CCC(F)(F)C3)CC1. The van der Waals surface area contributed by atoms with E-state index in [0.29, 0.717) is 36.9 Å². The Bertz CT molecular complexity index is 1250. The average molecular weight is 568 g/mol. The van der Waals surface area contributed by atoms with Gasteiger partial charge in [-0.25, -0.2) is 13.2 Å². The Labute approximate surface area is 230 Å². The predicted molar refractivity (Wildman–Crippen MR) is 140 cm³/mol. The number of nitrogens with zero attached hydrogens (tertiary/aromatic N) is 5. The fraction of sp³-hybridized carbons (Fsp3) is 0.593. The van der Waals surface area contributed by atoms with Gasteiger partial charge in [-0.2, -0.15) is 5.10 Å². The zero-order valence-electron chi connectivity index (χ0n) is 21.9. The Morgan fingerprint density at radius 2 is 1.74 bits per heavy atom. The second-order valence-electron chi connectivity index (χ2n) is 10.9. The summed E-state index contributed by atoms with van der Waals surface area (Å²) in [5.41, 5.74) is 1.13. The number of amides is 2. The summed E-state index contributed by atoms with van der Waals surface area (Å²) in [6.07, 6.45) is -0.851. The molecule has 2 fully saturated rings. The van der Waals surface area contributed by atoms with Crippen molar-refractivity contribution in [1.82, 2.24) is 19.6 Å². The van der Waals surface area contributed by atoms with E-state index >= 15 is 0 Å². The molecule has 8 nitrogen and oxygen atoms in total. The van der Waals surface area contributed by atoms with E-state index in [1.807, 2.05) is 25.1 Å². The van der Waals surface area contributed by atoms with Crippen molar-refractivity contribution in [1.29, 1.82) is 0 Å². The van der Waals surface area contributed by atoms with Crippen molar-refractivity contribution in [3.05, 3.63) is 45.7 Å². The van der Waals surface area contributed by atoms with Crippen LogP contribution in [0.2, 0.25) is 5.02 Å². The molecule has 3 aliphatic rings. The van der Waals surface area contributed by atoms with Gasteiger partial charge in [-0.05, 0) is 43.9 Å². The van der Waals surface area contributed by atoms with E-state index in [9.17, 15) is 27.9 Å². The Morgan fingerprint density at radius 3 is 2.41 bits per heavy atom. The molecular formula is C27H33ClF3N5O3. The summed E-state index contributed by atoms with van der Waals surface area (Å²) in [5, 5.41) is 15.2. The van der Waals surface area contributed by atoms with Crippen LogP contribution in [-0.4, -0.2) is 94.0 Å². The van der Waals surface area contributed by atoms with Crippen molar-refractivity contribution in [2.45, 2.75) is 57.1 Å². The van der Waals surface area contributed by atoms with E-state index in [2.05, 4.69) is 10.00 Å². The minimum Gasteiger partial charge on any atom is -0.387 e. The third kappa shape index (κ3) is 5.61. The average Bonchev–Trinajstić information content (AvgIpc) is 3.26. The largest absolute Gasteiger partial charge is 0.387 e. The molecule has 0 radical (unpaired) electrons. The lowest BCUT2D eigenvalue weighted by molar-refractivity contribution is -0.132. The van der Waals surface area contributed by atoms with E-state index in [0.717, 1.165) is 11.3 Å². The van der Waals surface area contributed by atoms with Gasteiger partial charge in [0.15, 0.2) is 5.69 Å². The first kappa shape index (κ1) is 27.8. The minimum absolute atomic E-state index is 0.0132. The van der Waals surface area contributed by atoms with Gasteiger partial charge in [-0.15, -0.1) is 0 Å².